The minimum Gasteiger partial charge on any atom is -0.352 e. The van der Waals surface area contributed by atoms with Crippen LogP contribution in [-0.4, -0.2) is 26.5 Å². The van der Waals surface area contributed by atoms with Gasteiger partial charge in [-0.1, -0.05) is 12.5 Å². The molecule has 2 unspecified atom stereocenters. The lowest BCUT2D eigenvalue weighted by Gasteiger charge is -2.43. The van der Waals surface area contributed by atoms with Crippen LogP contribution in [0.5, 0.6) is 0 Å². The summed E-state index contributed by atoms with van der Waals surface area (Å²) in [5, 5.41) is 3.12. The Kier molecular flexibility index (Phi) is 7.65. The maximum atomic E-state index is 12.7. The molecule has 2 bridgehead atoms. The van der Waals surface area contributed by atoms with E-state index < -0.39 is 0 Å². The summed E-state index contributed by atoms with van der Waals surface area (Å²) in [6, 6.07) is 4.18. The molecule has 4 rings (SSSR count). The Morgan fingerprint density at radius 1 is 1.22 bits per heavy atom. The normalized spacial score (nSPS) is 26.4. The van der Waals surface area contributed by atoms with E-state index in [1.807, 2.05) is 22.9 Å². The summed E-state index contributed by atoms with van der Waals surface area (Å²) in [6.45, 7) is 0.484. The second kappa shape index (κ2) is 9.53. The van der Waals surface area contributed by atoms with Crippen LogP contribution in [0.25, 0.3) is 5.82 Å². The molecule has 2 fully saturated rings. The van der Waals surface area contributed by atoms with Gasteiger partial charge in [0.25, 0.3) is 0 Å². The van der Waals surface area contributed by atoms with Gasteiger partial charge in [-0.15, -0.1) is 24.8 Å². The summed E-state index contributed by atoms with van der Waals surface area (Å²) >= 11 is 0. The molecule has 0 aromatic carbocycles. The van der Waals surface area contributed by atoms with E-state index >= 15 is 0 Å². The number of rotatable bonds is 4. The molecule has 2 atom stereocenters. The van der Waals surface area contributed by atoms with E-state index in [1.165, 1.54) is 19.3 Å². The van der Waals surface area contributed by atoms with Crippen LogP contribution in [0.3, 0.4) is 0 Å². The van der Waals surface area contributed by atoms with E-state index in [0.717, 1.165) is 24.2 Å². The van der Waals surface area contributed by atoms with Crippen molar-refractivity contribution in [1.29, 1.82) is 0 Å². The molecule has 3 N–H and O–H groups in total. The molecule has 0 spiro atoms. The number of halogens is 2. The first-order valence-electron chi connectivity index (χ1n) is 9.18. The predicted octanol–water partition coefficient (Wildman–Crippen LogP) is 2.88. The molecule has 6 nitrogen and oxygen atoms in total. The number of hydrogen-bond acceptors (Lipinski definition) is 4. The first-order chi connectivity index (χ1) is 12.2. The fraction of sp³-hybridized carbons (Fsp3) is 0.526. The van der Waals surface area contributed by atoms with Crippen molar-refractivity contribution in [3.63, 3.8) is 0 Å². The Morgan fingerprint density at radius 3 is 2.63 bits per heavy atom. The number of nitrogens with one attached hydrogen (secondary N) is 1. The van der Waals surface area contributed by atoms with Crippen LogP contribution in [-0.2, 0) is 11.3 Å². The minimum atomic E-state index is 0. The molecule has 27 heavy (non-hydrogen) atoms. The van der Waals surface area contributed by atoms with Crippen LogP contribution < -0.4 is 11.1 Å². The zero-order valence-corrected chi connectivity index (χ0v) is 16.8. The van der Waals surface area contributed by atoms with Crippen LogP contribution >= 0.6 is 24.8 Å². The van der Waals surface area contributed by atoms with Gasteiger partial charge in [-0.05, 0) is 43.6 Å². The van der Waals surface area contributed by atoms with Gasteiger partial charge in [0, 0.05) is 42.7 Å². The maximum Gasteiger partial charge on any atom is 0.223 e. The van der Waals surface area contributed by atoms with Gasteiger partial charge >= 0.3 is 0 Å². The van der Waals surface area contributed by atoms with Gasteiger partial charge < -0.3 is 11.1 Å². The highest BCUT2D eigenvalue weighted by atomic mass is 35.5. The van der Waals surface area contributed by atoms with Crippen molar-refractivity contribution >= 4 is 30.7 Å². The highest BCUT2D eigenvalue weighted by Crippen LogP contribution is 2.41. The summed E-state index contributed by atoms with van der Waals surface area (Å²) in [7, 11) is 0. The van der Waals surface area contributed by atoms with E-state index in [9.17, 15) is 4.79 Å². The molecule has 2 aromatic heterocycles. The highest BCUT2D eigenvalue weighted by molar-refractivity contribution is 5.85. The molecule has 0 radical (unpaired) electrons. The highest BCUT2D eigenvalue weighted by Gasteiger charge is 2.40. The van der Waals surface area contributed by atoms with Crippen LogP contribution in [0, 0.1) is 17.8 Å². The van der Waals surface area contributed by atoms with Gasteiger partial charge in [0.15, 0.2) is 0 Å². The van der Waals surface area contributed by atoms with Crippen LogP contribution in [0.1, 0.15) is 37.7 Å². The summed E-state index contributed by atoms with van der Waals surface area (Å²) in [6.07, 6.45) is 12.5. The average Bonchev–Trinajstić information content (AvgIpc) is 3.14. The number of amides is 1. The molecular formula is C19H27Cl2N5O. The first-order valence-corrected chi connectivity index (χ1v) is 9.18. The first kappa shape index (κ1) is 21.7. The number of carbonyl (C=O) groups excluding carboxylic acids is 1. The third kappa shape index (κ3) is 4.62. The molecule has 2 heterocycles. The van der Waals surface area contributed by atoms with Gasteiger partial charge in [0.2, 0.25) is 5.91 Å². The number of imidazole rings is 1. The van der Waals surface area contributed by atoms with Crippen molar-refractivity contribution in [1.82, 2.24) is 19.9 Å². The lowest BCUT2D eigenvalue weighted by Crippen LogP contribution is -2.49. The van der Waals surface area contributed by atoms with Gasteiger partial charge in [0.1, 0.15) is 12.1 Å². The molecule has 2 aliphatic carbocycles. The number of fused-ring (bicyclic) bond motifs is 2. The standard InChI is InChI=1S/C19H25N5O.2ClH/c20-17-13-3-1-4-14(17)10-16(9-13)19(25)23-11-15-5-2-6-22-18(15)24-8-7-21-12-24;;/h2,5-8,12-14,16-17H,1,3-4,9-11,20H2,(H,23,25);2*1H. The topological polar surface area (TPSA) is 85.8 Å². The number of pyridine rings is 1. The second-order valence-corrected chi connectivity index (χ2v) is 7.37. The zero-order chi connectivity index (χ0) is 17.2. The minimum absolute atomic E-state index is 0. The molecule has 1 amide bonds. The van der Waals surface area contributed by atoms with Crippen LogP contribution in [0.2, 0.25) is 0 Å². The Hall–Kier alpha value is -1.63. The summed E-state index contributed by atoms with van der Waals surface area (Å²) in [5.74, 6) is 2.10. The van der Waals surface area contributed by atoms with Crippen molar-refractivity contribution < 1.29 is 4.79 Å². The molecule has 8 heteroatoms. The van der Waals surface area contributed by atoms with Crippen molar-refractivity contribution in [2.45, 2.75) is 44.7 Å². The number of aromatic nitrogens is 3. The van der Waals surface area contributed by atoms with E-state index in [1.54, 1.807) is 18.7 Å². The number of hydrogen-bond donors (Lipinski definition) is 2. The van der Waals surface area contributed by atoms with Gasteiger partial charge in [-0.2, -0.15) is 0 Å². The number of carbonyl (C=O) groups is 1. The molecule has 2 aliphatic rings. The predicted molar refractivity (Wildman–Crippen MR) is 109 cm³/mol. The Labute approximate surface area is 172 Å². The second-order valence-electron chi connectivity index (χ2n) is 7.37. The summed E-state index contributed by atoms with van der Waals surface area (Å²) < 4.78 is 1.87. The molecule has 0 aliphatic heterocycles. The molecule has 2 saturated carbocycles. The molecule has 148 valence electrons. The van der Waals surface area contributed by atoms with Gasteiger partial charge in [-0.25, -0.2) is 9.97 Å². The third-order valence-corrected chi connectivity index (χ3v) is 5.85. The Bertz CT molecular complexity index is 725. The maximum absolute atomic E-state index is 12.7. The SMILES string of the molecule is Cl.Cl.NC1C2CCCC1CC(C(=O)NCc1cccnc1-n1ccnc1)C2. The Balaban J connectivity index is 0.00000131. The van der Waals surface area contributed by atoms with Crippen molar-refractivity contribution in [2.75, 3.05) is 0 Å². The van der Waals surface area contributed by atoms with Crippen molar-refractivity contribution in [3.05, 3.63) is 42.6 Å². The van der Waals surface area contributed by atoms with E-state index in [2.05, 4.69) is 15.3 Å². The smallest absolute Gasteiger partial charge is 0.223 e. The average molecular weight is 412 g/mol. The van der Waals surface area contributed by atoms with Gasteiger partial charge in [0.05, 0.1) is 0 Å². The lowest BCUT2D eigenvalue weighted by atomic mass is 9.65. The summed E-state index contributed by atoms with van der Waals surface area (Å²) in [4.78, 5) is 21.2. The van der Waals surface area contributed by atoms with Crippen molar-refractivity contribution in [2.24, 2.45) is 23.5 Å². The summed E-state index contributed by atoms with van der Waals surface area (Å²) in [5.41, 5.74) is 7.32. The molecule has 2 aromatic rings. The number of nitrogens with zero attached hydrogens (tertiary/aromatic N) is 3. The fourth-order valence-electron chi connectivity index (χ4n) is 4.52. The van der Waals surface area contributed by atoms with Gasteiger partial charge in [-0.3, -0.25) is 9.36 Å². The largest absolute Gasteiger partial charge is 0.352 e. The van der Waals surface area contributed by atoms with Crippen LogP contribution in [0.15, 0.2) is 37.1 Å². The fourth-order valence-corrected chi connectivity index (χ4v) is 4.52. The monoisotopic (exact) mass is 411 g/mol. The Morgan fingerprint density at radius 2 is 1.96 bits per heavy atom. The molecular weight excluding hydrogens is 385 g/mol. The third-order valence-electron chi connectivity index (χ3n) is 5.85. The van der Waals surface area contributed by atoms with Crippen LogP contribution in [0.4, 0.5) is 0 Å². The van der Waals surface area contributed by atoms with E-state index in [-0.39, 0.29) is 36.6 Å². The lowest BCUT2D eigenvalue weighted by molar-refractivity contribution is -0.128. The van der Waals surface area contributed by atoms with Crippen molar-refractivity contribution in [3.8, 4) is 5.82 Å². The van der Waals surface area contributed by atoms with E-state index in [4.69, 9.17) is 5.73 Å². The number of nitrogens with two attached hydrogens (primary N) is 1. The zero-order valence-electron chi connectivity index (χ0n) is 15.2. The molecule has 0 saturated heterocycles. The quantitative estimate of drug-likeness (QED) is 0.809. The van der Waals surface area contributed by atoms with E-state index in [0.29, 0.717) is 24.4 Å².